The van der Waals surface area contributed by atoms with Gasteiger partial charge in [-0.25, -0.2) is 5.01 Å². The minimum atomic E-state index is -3.57. The number of aliphatic hydroxyl groups excluding tert-OH is 1. The third-order valence-electron chi connectivity index (χ3n) is 11.1. The fraction of sp³-hybridized carbons (Fsp3) is 0.349. The lowest BCUT2D eigenvalue weighted by molar-refractivity contribution is -0.150. The van der Waals surface area contributed by atoms with Gasteiger partial charge in [0.1, 0.15) is 5.75 Å². The fourth-order valence-electron chi connectivity index (χ4n) is 8.59. The number of methoxy groups -OCH3 is 1. The molecule has 7 rings (SSSR count). The molecule has 3 aliphatic heterocycles. The zero-order valence-electron chi connectivity index (χ0n) is 31.7. The normalized spacial score (nSPS) is 22.2. The average molecular weight is 763 g/mol. The van der Waals surface area contributed by atoms with E-state index in [1.165, 1.54) is 5.01 Å². The van der Waals surface area contributed by atoms with Crippen molar-refractivity contribution < 1.29 is 33.1 Å². The van der Waals surface area contributed by atoms with Crippen LogP contribution in [0.25, 0.3) is 0 Å². The minimum Gasteiger partial charge on any atom is -0.497 e. The molecule has 3 aliphatic rings. The van der Waals surface area contributed by atoms with Gasteiger partial charge in [0, 0.05) is 43.0 Å². The summed E-state index contributed by atoms with van der Waals surface area (Å²) >= 11 is 0. The van der Waals surface area contributed by atoms with Gasteiger partial charge in [-0.05, 0) is 60.1 Å². The minimum absolute atomic E-state index is 0.107. The molecule has 0 saturated carbocycles. The van der Waals surface area contributed by atoms with E-state index < -0.39 is 31.6 Å². The predicted octanol–water partition coefficient (Wildman–Crippen LogP) is 6.96. The summed E-state index contributed by atoms with van der Waals surface area (Å²) in [6.07, 6.45) is -0.174. The highest BCUT2D eigenvalue weighted by molar-refractivity contribution is 6.72. The Morgan fingerprint density at radius 2 is 1.69 bits per heavy atom. The molecule has 4 aromatic rings. The van der Waals surface area contributed by atoms with Crippen LogP contribution >= 0.6 is 0 Å². The van der Waals surface area contributed by atoms with Gasteiger partial charge < -0.3 is 28.5 Å². The summed E-state index contributed by atoms with van der Waals surface area (Å²) in [7, 11) is -2.02. The maximum absolute atomic E-state index is 16.6. The van der Waals surface area contributed by atoms with Crippen molar-refractivity contribution in [3.63, 3.8) is 0 Å². The van der Waals surface area contributed by atoms with E-state index in [9.17, 15) is 14.7 Å². The molecule has 3 heterocycles. The number of aliphatic hydroxyl groups is 1. The van der Waals surface area contributed by atoms with Crippen molar-refractivity contribution in [2.24, 2.45) is 11.0 Å². The Kier molecular flexibility index (Phi) is 10.8. The van der Waals surface area contributed by atoms with Crippen LogP contribution in [0.1, 0.15) is 48.4 Å². The number of nitrogens with zero attached hydrogens (tertiary/aromatic N) is 4. The lowest BCUT2D eigenvalue weighted by Crippen LogP contribution is -2.45. The monoisotopic (exact) mass is 762 g/mol. The second-order valence-electron chi connectivity index (χ2n) is 15.1. The summed E-state index contributed by atoms with van der Waals surface area (Å²) in [5.74, 6) is -0.855. The molecule has 1 fully saturated rings. The molecule has 1 N–H and O–H groups in total. The lowest BCUT2D eigenvalue weighted by Gasteiger charge is -2.31. The lowest BCUT2D eigenvalue weighted by atomic mass is 9.82. The molecule has 10 nitrogen and oxygen atoms in total. The molecule has 3 amide bonds. The van der Waals surface area contributed by atoms with Gasteiger partial charge in [0.15, 0.2) is 5.60 Å². The van der Waals surface area contributed by atoms with Crippen LogP contribution in [0, 0.1) is 5.92 Å². The highest BCUT2D eigenvalue weighted by Crippen LogP contribution is 2.60. The van der Waals surface area contributed by atoms with Crippen LogP contribution in [-0.4, -0.2) is 68.2 Å². The van der Waals surface area contributed by atoms with E-state index >= 15 is 8.90 Å². The average Bonchev–Trinajstić information content (AvgIpc) is 3.61. The second kappa shape index (κ2) is 15.5. The molecule has 12 heteroatoms. The van der Waals surface area contributed by atoms with E-state index in [2.05, 4.69) is 0 Å². The number of hydrogen-bond acceptors (Lipinski definition) is 7. The van der Waals surface area contributed by atoms with Crippen molar-refractivity contribution in [2.45, 2.75) is 69.6 Å². The first kappa shape index (κ1) is 38.1. The number of carbonyl (C=O) groups excluding carboxylic acids is 3. The number of halogens is 1. The zero-order chi connectivity index (χ0) is 38.9. The molecule has 1 spiro atoms. The Morgan fingerprint density at radius 1 is 0.982 bits per heavy atom. The highest BCUT2D eigenvalue weighted by atomic mass is 28.4. The SMILES string of the molecule is COc1ccc2c(c1)[C@]1(O[C@@H](CC(=O)N(CCO)Cc3ccccc3)[C@H]([Si](C)(C)F)[C@H]1C)C(=O)N2Cc1cccc(N2N=C(c3ccccc3)CCC2=O)c1. The number of fused-ring (bicyclic) bond motifs is 2. The largest absolute Gasteiger partial charge is 0.497 e. The van der Waals surface area contributed by atoms with Crippen LogP contribution in [0.15, 0.2) is 108 Å². The predicted molar refractivity (Wildman–Crippen MR) is 212 cm³/mol. The number of carbonyl (C=O) groups is 3. The standard InChI is InChI=1S/C43H47FN4O6Si/c1-29-41(55(3,4)44)38(26-40(51)46(22-23-49)27-30-12-7-5-8-13-30)54-43(29)35-25-34(53-2)18-20-37(35)47(42(43)52)28-31-14-11-17-33(24-31)48-39(50)21-19-36(45-48)32-15-9-6-10-16-32/h5-18,20,24-25,29,38,41,49H,19,21-23,26-28H2,1-4H3/t29-,38+,41-,43+/m1/s1. The smallest absolute Gasteiger partial charge is 0.264 e. The van der Waals surface area contributed by atoms with Crippen LogP contribution < -0.4 is 14.6 Å². The molecular weight excluding hydrogens is 716 g/mol. The van der Waals surface area contributed by atoms with Crippen molar-refractivity contribution in [3.8, 4) is 5.75 Å². The van der Waals surface area contributed by atoms with E-state index in [4.69, 9.17) is 14.6 Å². The van der Waals surface area contributed by atoms with Gasteiger partial charge >= 0.3 is 0 Å². The number of hydrogen-bond donors (Lipinski definition) is 1. The van der Waals surface area contributed by atoms with Crippen molar-refractivity contribution in [1.82, 2.24) is 4.90 Å². The van der Waals surface area contributed by atoms with Gasteiger partial charge in [0.25, 0.3) is 5.91 Å². The van der Waals surface area contributed by atoms with Crippen LogP contribution in [0.5, 0.6) is 5.75 Å². The number of amides is 3. The summed E-state index contributed by atoms with van der Waals surface area (Å²) in [6, 6.07) is 32.1. The van der Waals surface area contributed by atoms with E-state index in [-0.39, 0.29) is 50.4 Å². The van der Waals surface area contributed by atoms with Gasteiger partial charge in [-0.2, -0.15) is 5.10 Å². The Hall–Kier alpha value is -5.17. The fourth-order valence-corrected chi connectivity index (χ4v) is 11.1. The van der Waals surface area contributed by atoms with Gasteiger partial charge in [-0.3, -0.25) is 14.4 Å². The van der Waals surface area contributed by atoms with Gasteiger partial charge in [0.2, 0.25) is 20.2 Å². The van der Waals surface area contributed by atoms with Crippen LogP contribution in [0.2, 0.25) is 18.6 Å². The van der Waals surface area contributed by atoms with Gasteiger partial charge in [-0.15, -0.1) is 0 Å². The quantitative estimate of drug-likeness (QED) is 0.124. The van der Waals surface area contributed by atoms with Crippen LogP contribution in [-0.2, 0) is 37.8 Å². The molecule has 0 radical (unpaired) electrons. The van der Waals surface area contributed by atoms with Crippen molar-refractivity contribution in [3.05, 3.63) is 125 Å². The van der Waals surface area contributed by atoms with E-state index in [0.29, 0.717) is 35.5 Å². The van der Waals surface area contributed by atoms with Crippen LogP contribution in [0.4, 0.5) is 15.5 Å². The number of benzene rings is 4. The molecule has 55 heavy (non-hydrogen) atoms. The molecule has 4 aromatic carbocycles. The first-order valence-corrected chi connectivity index (χ1v) is 21.7. The zero-order valence-corrected chi connectivity index (χ0v) is 32.7. The summed E-state index contributed by atoms with van der Waals surface area (Å²) in [5, 5.41) is 16.0. The number of rotatable bonds is 12. The molecule has 0 unspecified atom stereocenters. The highest BCUT2D eigenvalue weighted by Gasteiger charge is 2.67. The second-order valence-corrected chi connectivity index (χ2v) is 18.9. The molecular formula is C43H47FN4O6Si. The Labute approximate surface area is 322 Å². The molecule has 0 bridgehead atoms. The molecule has 286 valence electrons. The van der Waals surface area contributed by atoms with Gasteiger partial charge in [-0.1, -0.05) is 79.7 Å². The topological polar surface area (TPSA) is 112 Å². The van der Waals surface area contributed by atoms with Crippen LogP contribution in [0.3, 0.4) is 0 Å². The first-order chi connectivity index (χ1) is 26.4. The van der Waals surface area contributed by atoms with Crippen molar-refractivity contribution >= 4 is 43.2 Å². The molecule has 4 atom stereocenters. The number of hydrazone groups is 1. The van der Waals surface area contributed by atoms with Crippen molar-refractivity contribution in [1.29, 1.82) is 0 Å². The molecule has 0 aromatic heterocycles. The van der Waals surface area contributed by atoms with Crippen molar-refractivity contribution in [2.75, 3.05) is 30.2 Å². The maximum atomic E-state index is 16.6. The summed E-state index contributed by atoms with van der Waals surface area (Å²) in [4.78, 5) is 45.4. The van der Waals surface area contributed by atoms with E-state index in [0.717, 1.165) is 22.4 Å². The Morgan fingerprint density at radius 3 is 2.38 bits per heavy atom. The summed E-state index contributed by atoms with van der Waals surface area (Å²) < 4.78 is 29.0. The van der Waals surface area contributed by atoms with Gasteiger partial charge in [0.05, 0.1) is 49.9 Å². The maximum Gasteiger partial charge on any atom is 0.264 e. The summed E-state index contributed by atoms with van der Waals surface area (Å²) in [6.45, 7) is 5.37. The third kappa shape index (κ3) is 7.33. The Balaban J connectivity index is 1.21. The molecule has 1 saturated heterocycles. The third-order valence-corrected chi connectivity index (χ3v) is 13.6. The van der Waals surface area contributed by atoms with E-state index in [1.807, 2.05) is 97.9 Å². The van der Waals surface area contributed by atoms with E-state index in [1.54, 1.807) is 42.1 Å². The Bertz CT molecular complexity index is 2090. The summed E-state index contributed by atoms with van der Waals surface area (Å²) in [5.41, 5.74) is 2.92. The first-order valence-electron chi connectivity index (χ1n) is 18.8. The number of ether oxygens (including phenoxy) is 2. The molecule has 0 aliphatic carbocycles. The number of anilines is 2.